The third-order valence-corrected chi connectivity index (χ3v) is 4.24. The van der Waals surface area contributed by atoms with Gasteiger partial charge in [0, 0.05) is 16.7 Å². The molecule has 1 aliphatic rings. The first-order chi connectivity index (χ1) is 8.65. The summed E-state index contributed by atoms with van der Waals surface area (Å²) in [7, 11) is 0. The van der Waals surface area contributed by atoms with Crippen LogP contribution in [0.2, 0.25) is 0 Å². The molecule has 18 heavy (non-hydrogen) atoms. The molecule has 1 fully saturated rings. The number of hydrogen-bond donors (Lipinski definition) is 2. The second kappa shape index (κ2) is 6.82. The average molecular weight is 393 g/mol. The fourth-order valence-electron chi connectivity index (χ4n) is 2.08. The molecule has 0 amide bonds. The average Bonchev–Trinajstić information content (AvgIpc) is 2.34. The van der Waals surface area contributed by atoms with Gasteiger partial charge in [-0.05, 0) is 63.0 Å². The number of nitrogens with one attached hydrogen (secondary N) is 2. The van der Waals surface area contributed by atoms with Crippen molar-refractivity contribution in [3.8, 4) is 0 Å². The van der Waals surface area contributed by atoms with Crippen LogP contribution in [0.1, 0.15) is 32.1 Å². The molecule has 2 rings (SSSR count). The predicted octanol–water partition coefficient (Wildman–Crippen LogP) is 4.23. The molecule has 6 heteroatoms. The molecule has 98 valence electrons. The van der Waals surface area contributed by atoms with Crippen LogP contribution in [-0.4, -0.2) is 16.1 Å². The van der Waals surface area contributed by atoms with Gasteiger partial charge in [0.1, 0.15) is 5.82 Å². The predicted molar refractivity (Wildman–Crippen MR) is 85.9 cm³/mol. The maximum Gasteiger partial charge on any atom is 0.172 e. The highest BCUT2D eigenvalue weighted by molar-refractivity contribution is 9.11. The van der Waals surface area contributed by atoms with Gasteiger partial charge in [-0.2, -0.15) is 0 Å². The van der Waals surface area contributed by atoms with Crippen LogP contribution in [0.25, 0.3) is 0 Å². The summed E-state index contributed by atoms with van der Waals surface area (Å²) in [5.41, 5.74) is 0. The number of halogens is 2. The van der Waals surface area contributed by atoms with E-state index < -0.39 is 0 Å². The van der Waals surface area contributed by atoms with Gasteiger partial charge < -0.3 is 10.6 Å². The highest BCUT2D eigenvalue weighted by Crippen LogP contribution is 2.23. The summed E-state index contributed by atoms with van der Waals surface area (Å²) >= 11 is 12.1. The van der Waals surface area contributed by atoms with Crippen molar-refractivity contribution in [1.82, 2.24) is 10.3 Å². The summed E-state index contributed by atoms with van der Waals surface area (Å²) in [4.78, 5) is 4.28. The monoisotopic (exact) mass is 391 g/mol. The van der Waals surface area contributed by atoms with Crippen LogP contribution in [0.15, 0.2) is 21.2 Å². The molecule has 0 unspecified atom stereocenters. The third-order valence-electron chi connectivity index (χ3n) is 2.98. The zero-order valence-electron chi connectivity index (χ0n) is 9.88. The Morgan fingerprint density at radius 2 is 2.00 bits per heavy atom. The van der Waals surface area contributed by atoms with Gasteiger partial charge in [-0.3, -0.25) is 0 Å². The van der Waals surface area contributed by atoms with Gasteiger partial charge in [0.15, 0.2) is 5.11 Å². The topological polar surface area (TPSA) is 37.0 Å². The molecule has 0 bridgehead atoms. The standard InChI is InChI=1S/C12H15Br2N3S/c13-8-6-10(14)11(15-7-8)17-12(18)16-9-4-2-1-3-5-9/h6-7,9H,1-5H2,(H2,15,16,17,18). The van der Waals surface area contributed by atoms with E-state index in [0.29, 0.717) is 11.2 Å². The fourth-order valence-corrected chi connectivity index (χ4v) is 3.43. The van der Waals surface area contributed by atoms with Crippen LogP contribution in [0.3, 0.4) is 0 Å². The number of pyridine rings is 1. The van der Waals surface area contributed by atoms with Gasteiger partial charge in [-0.25, -0.2) is 4.98 Å². The number of anilines is 1. The summed E-state index contributed by atoms with van der Waals surface area (Å²) < 4.78 is 1.83. The Hall–Kier alpha value is -0.200. The molecule has 0 spiro atoms. The number of thiocarbonyl (C=S) groups is 1. The van der Waals surface area contributed by atoms with Crippen molar-refractivity contribution < 1.29 is 0 Å². The Morgan fingerprint density at radius 1 is 1.28 bits per heavy atom. The smallest absolute Gasteiger partial charge is 0.172 e. The molecule has 1 heterocycles. The van der Waals surface area contributed by atoms with Gasteiger partial charge in [0.25, 0.3) is 0 Å². The van der Waals surface area contributed by atoms with E-state index in [-0.39, 0.29) is 0 Å². The lowest BCUT2D eigenvalue weighted by Crippen LogP contribution is -2.39. The molecule has 1 aliphatic carbocycles. The zero-order valence-corrected chi connectivity index (χ0v) is 13.9. The van der Waals surface area contributed by atoms with Crippen molar-refractivity contribution in [2.75, 3.05) is 5.32 Å². The molecule has 0 aliphatic heterocycles. The van der Waals surface area contributed by atoms with Crippen molar-refractivity contribution in [3.05, 3.63) is 21.2 Å². The van der Waals surface area contributed by atoms with Gasteiger partial charge in [0.2, 0.25) is 0 Å². The molecule has 0 saturated heterocycles. The molecule has 1 aromatic heterocycles. The first-order valence-electron chi connectivity index (χ1n) is 6.04. The lowest BCUT2D eigenvalue weighted by molar-refractivity contribution is 0.415. The Labute approximate surface area is 129 Å². The first kappa shape index (κ1) is 14.2. The first-order valence-corrected chi connectivity index (χ1v) is 8.03. The van der Waals surface area contributed by atoms with Crippen LogP contribution < -0.4 is 10.6 Å². The molecular formula is C12H15Br2N3S. The molecular weight excluding hydrogens is 378 g/mol. The maximum absolute atomic E-state index is 5.31. The second-order valence-electron chi connectivity index (χ2n) is 4.42. The Balaban J connectivity index is 1.90. The van der Waals surface area contributed by atoms with Crippen molar-refractivity contribution in [2.24, 2.45) is 0 Å². The summed E-state index contributed by atoms with van der Waals surface area (Å²) in [6.07, 6.45) is 8.09. The largest absolute Gasteiger partial charge is 0.360 e. The summed E-state index contributed by atoms with van der Waals surface area (Å²) in [5, 5.41) is 7.13. The quantitative estimate of drug-likeness (QED) is 0.738. The van der Waals surface area contributed by atoms with E-state index in [1.807, 2.05) is 6.07 Å². The fraction of sp³-hybridized carbons (Fsp3) is 0.500. The van der Waals surface area contributed by atoms with Crippen molar-refractivity contribution in [3.63, 3.8) is 0 Å². The van der Waals surface area contributed by atoms with Crippen LogP contribution in [0.4, 0.5) is 5.82 Å². The van der Waals surface area contributed by atoms with Crippen LogP contribution in [0, 0.1) is 0 Å². The van der Waals surface area contributed by atoms with Crippen LogP contribution in [-0.2, 0) is 0 Å². The molecule has 2 N–H and O–H groups in total. The zero-order chi connectivity index (χ0) is 13.0. The second-order valence-corrected chi connectivity index (χ2v) is 6.60. The van der Waals surface area contributed by atoms with Gasteiger partial charge in [-0.15, -0.1) is 0 Å². The molecule has 1 aromatic rings. The minimum Gasteiger partial charge on any atom is -0.360 e. The molecule has 1 saturated carbocycles. The molecule has 3 nitrogen and oxygen atoms in total. The van der Waals surface area contributed by atoms with Gasteiger partial charge in [0.05, 0.1) is 4.47 Å². The van der Waals surface area contributed by atoms with E-state index in [0.717, 1.165) is 14.8 Å². The molecule has 0 radical (unpaired) electrons. The highest BCUT2D eigenvalue weighted by atomic mass is 79.9. The Bertz CT molecular complexity index is 433. The Kier molecular flexibility index (Phi) is 5.38. The van der Waals surface area contributed by atoms with E-state index in [9.17, 15) is 0 Å². The molecule has 0 aromatic carbocycles. The van der Waals surface area contributed by atoms with E-state index >= 15 is 0 Å². The highest BCUT2D eigenvalue weighted by Gasteiger charge is 2.14. The van der Waals surface area contributed by atoms with Crippen molar-refractivity contribution in [1.29, 1.82) is 0 Å². The van der Waals surface area contributed by atoms with Gasteiger partial charge >= 0.3 is 0 Å². The van der Waals surface area contributed by atoms with E-state index in [1.54, 1.807) is 6.20 Å². The Morgan fingerprint density at radius 3 is 2.67 bits per heavy atom. The minimum atomic E-state index is 0.507. The van der Waals surface area contributed by atoms with Gasteiger partial charge in [-0.1, -0.05) is 19.3 Å². The van der Waals surface area contributed by atoms with E-state index in [2.05, 4.69) is 47.5 Å². The summed E-state index contributed by atoms with van der Waals surface area (Å²) in [6, 6.07) is 2.45. The summed E-state index contributed by atoms with van der Waals surface area (Å²) in [5.74, 6) is 0.742. The lowest BCUT2D eigenvalue weighted by Gasteiger charge is -2.24. The SMILES string of the molecule is S=C(Nc1ncc(Br)cc1Br)NC1CCCCC1. The summed E-state index contributed by atoms with van der Waals surface area (Å²) in [6.45, 7) is 0. The van der Waals surface area contributed by atoms with Crippen molar-refractivity contribution >= 4 is 55.0 Å². The number of hydrogen-bond acceptors (Lipinski definition) is 2. The van der Waals surface area contributed by atoms with E-state index in [4.69, 9.17) is 12.2 Å². The number of nitrogens with zero attached hydrogens (tertiary/aromatic N) is 1. The van der Waals surface area contributed by atoms with Crippen molar-refractivity contribution in [2.45, 2.75) is 38.1 Å². The van der Waals surface area contributed by atoms with Crippen LogP contribution in [0.5, 0.6) is 0 Å². The van der Waals surface area contributed by atoms with Crippen LogP contribution >= 0.6 is 44.1 Å². The number of rotatable bonds is 2. The maximum atomic E-state index is 5.31. The normalized spacial score (nSPS) is 16.3. The number of aromatic nitrogens is 1. The van der Waals surface area contributed by atoms with E-state index in [1.165, 1.54) is 32.1 Å². The molecule has 0 atom stereocenters. The third kappa shape index (κ3) is 4.17. The minimum absolute atomic E-state index is 0.507. The lowest BCUT2D eigenvalue weighted by atomic mass is 9.96.